The Labute approximate surface area is 98.7 Å². The Morgan fingerprint density at radius 3 is 2.86 bits per heavy atom. The van der Waals surface area contributed by atoms with Gasteiger partial charge in [0.15, 0.2) is 0 Å². The lowest BCUT2D eigenvalue weighted by Crippen LogP contribution is -2.04. The highest BCUT2D eigenvalue weighted by Crippen LogP contribution is 2.20. The number of nitrogens with one attached hydrogen (secondary N) is 1. The summed E-state index contributed by atoms with van der Waals surface area (Å²) in [7, 11) is 0. The highest BCUT2D eigenvalue weighted by atomic mass is 127. The Kier molecular flexibility index (Phi) is 4.25. The number of rotatable bonds is 4. The van der Waals surface area contributed by atoms with Crippen molar-refractivity contribution >= 4 is 34.0 Å². The number of nitrogens with two attached hydrogens (primary N) is 1. The summed E-state index contributed by atoms with van der Waals surface area (Å²) < 4.78 is 1.14. The molecule has 76 valence electrons. The van der Waals surface area contributed by atoms with Crippen molar-refractivity contribution < 1.29 is 0 Å². The van der Waals surface area contributed by atoms with E-state index in [2.05, 4.69) is 41.4 Å². The number of benzene rings is 1. The Balaban J connectivity index is 2.63. The monoisotopic (exact) mass is 302 g/mol. The van der Waals surface area contributed by atoms with E-state index in [-0.39, 0.29) is 0 Å². The minimum Gasteiger partial charge on any atom is -0.399 e. The molecule has 0 bridgehead atoms. The SMILES string of the molecule is C=C(CC)CNc1ccc(N)cc1I. The van der Waals surface area contributed by atoms with Crippen LogP contribution in [0.4, 0.5) is 11.4 Å². The Morgan fingerprint density at radius 2 is 2.29 bits per heavy atom. The molecule has 14 heavy (non-hydrogen) atoms. The highest BCUT2D eigenvalue weighted by Gasteiger charge is 1.99. The minimum absolute atomic E-state index is 0.800. The lowest BCUT2D eigenvalue weighted by Gasteiger charge is -2.09. The van der Waals surface area contributed by atoms with E-state index >= 15 is 0 Å². The third-order valence-electron chi connectivity index (χ3n) is 2.02. The largest absolute Gasteiger partial charge is 0.399 e. The standard InChI is InChI=1S/C11H15IN2/c1-3-8(2)7-14-11-5-4-9(13)6-10(11)12/h4-6,14H,2-3,7,13H2,1H3. The number of nitrogen functional groups attached to an aromatic ring is 1. The van der Waals surface area contributed by atoms with Gasteiger partial charge in [-0.3, -0.25) is 0 Å². The van der Waals surface area contributed by atoms with Crippen molar-refractivity contribution in [1.82, 2.24) is 0 Å². The fraction of sp³-hybridized carbons (Fsp3) is 0.273. The van der Waals surface area contributed by atoms with E-state index in [1.807, 2.05) is 18.2 Å². The quantitative estimate of drug-likeness (QED) is 0.509. The van der Waals surface area contributed by atoms with Gasteiger partial charge in [0.05, 0.1) is 0 Å². The van der Waals surface area contributed by atoms with Gasteiger partial charge in [0, 0.05) is 21.5 Å². The van der Waals surface area contributed by atoms with Gasteiger partial charge in [0.25, 0.3) is 0 Å². The van der Waals surface area contributed by atoms with Gasteiger partial charge < -0.3 is 11.1 Å². The molecule has 1 aromatic carbocycles. The third kappa shape index (κ3) is 3.21. The molecule has 0 heterocycles. The van der Waals surface area contributed by atoms with E-state index in [0.717, 1.165) is 27.9 Å². The molecule has 0 atom stereocenters. The first-order chi connectivity index (χ1) is 6.63. The van der Waals surface area contributed by atoms with Crippen LogP contribution >= 0.6 is 22.6 Å². The van der Waals surface area contributed by atoms with Gasteiger partial charge in [-0.1, -0.05) is 19.1 Å². The van der Waals surface area contributed by atoms with Crippen molar-refractivity contribution in [3.8, 4) is 0 Å². The first kappa shape index (κ1) is 11.4. The van der Waals surface area contributed by atoms with Crippen molar-refractivity contribution in [3.05, 3.63) is 33.9 Å². The average Bonchev–Trinajstić information content (AvgIpc) is 2.16. The van der Waals surface area contributed by atoms with Gasteiger partial charge in [-0.15, -0.1) is 0 Å². The van der Waals surface area contributed by atoms with Crippen LogP contribution in [0.1, 0.15) is 13.3 Å². The molecule has 0 unspecified atom stereocenters. The highest BCUT2D eigenvalue weighted by molar-refractivity contribution is 14.1. The number of halogens is 1. The molecule has 2 nitrogen and oxygen atoms in total. The maximum absolute atomic E-state index is 5.66. The fourth-order valence-corrected chi connectivity index (χ4v) is 1.75. The van der Waals surface area contributed by atoms with E-state index in [9.17, 15) is 0 Å². The van der Waals surface area contributed by atoms with Gasteiger partial charge in [-0.25, -0.2) is 0 Å². The minimum atomic E-state index is 0.800. The van der Waals surface area contributed by atoms with Crippen LogP contribution < -0.4 is 11.1 Å². The van der Waals surface area contributed by atoms with E-state index in [1.54, 1.807) is 0 Å². The van der Waals surface area contributed by atoms with Crippen LogP contribution in [-0.2, 0) is 0 Å². The summed E-state index contributed by atoms with van der Waals surface area (Å²) in [5.41, 5.74) is 8.79. The molecule has 0 aliphatic rings. The molecule has 1 rings (SSSR count). The summed E-state index contributed by atoms with van der Waals surface area (Å²) in [4.78, 5) is 0. The Bertz CT molecular complexity index is 334. The topological polar surface area (TPSA) is 38.0 Å². The van der Waals surface area contributed by atoms with Crippen molar-refractivity contribution in [2.24, 2.45) is 0 Å². The first-order valence-corrected chi connectivity index (χ1v) is 5.67. The van der Waals surface area contributed by atoms with E-state index in [0.29, 0.717) is 0 Å². The van der Waals surface area contributed by atoms with Gasteiger partial charge >= 0.3 is 0 Å². The molecule has 0 aliphatic carbocycles. The van der Waals surface area contributed by atoms with Gasteiger partial charge in [0.2, 0.25) is 0 Å². The van der Waals surface area contributed by atoms with Crippen LogP contribution in [0.3, 0.4) is 0 Å². The molecule has 0 aliphatic heterocycles. The van der Waals surface area contributed by atoms with Crippen LogP contribution in [-0.4, -0.2) is 6.54 Å². The molecule has 0 amide bonds. The molecule has 0 spiro atoms. The maximum Gasteiger partial charge on any atom is 0.0479 e. The van der Waals surface area contributed by atoms with Crippen LogP contribution in [0.2, 0.25) is 0 Å². The average molecular weight is 302 g/mol. The van der Waals surface area contributed by atoms with Crippen LogP contribution in [0.5, 0.6) is 0 Å². The zero-order valence-corrected chi connectivity index (χ0v) is 10.5. The fourth-order valence-electron chi connectivity index (χ4n) is 1.02. The maximum atomic E-state index is 5.66. The first-order valence-electron chi connectivity index (χ1n) is 4.59. The zero-order chi connectivity index (χ0) is 10.6. The van der Waals surface area contributed by atoms with E-state index < -0.39 is 0 Å². The lowest BCUT2D eigenvalue weighted by atomic mass is 10.2. The van der Waals surface area contributed by atoms with Gasteiger partial charge in [-0.2, -0.15) is 0 Å². The van der Waals surface area contributed by atoms with Crippen LogP contribution in [0.15, 0.2) is 30.4 Å². The van der Waals surface area contributed by atoms with Gasteiger partial charge in [0.1, 0.15) is 0 Å². The summed E-state index contributed by atoms with van der Waals surface area (Å²) in [5, 5.41) is 3.33. The Morgan fingerprint density at radius 1 is 1.57 bits per heavy atom. The third-order valence-corrected chi connectivity index (χ3v) is 2.91. The molecule has 0 radical (unpaired) electrons. The summed E-state index contributed by atoms with van der Waals surface area (Å²) in [6.07, 6.45) is 1.01. The second-order valence-corrected chi connectivity index (χ2v) is 4.36. The van der Waals surface area contributed by atoms with E-state index in [4.69, 9.17) is 5.73 Å². The molecule has 3 heteroatoms. The van der Waals surface area contributed by atoms with E-state index in [1.165, 1.54) is 5.57 Å². The molecular weight excluding hydrogens is 287 g/mol. The molecular formula is C11H15IN2. The van der Waals surface area contributed by atoms with Crippen LogP contribution in [0.25, 0.3) is 0 Å². The van der Waals surface area contributed by atoms with Crippen molar-refractivity contribution in [3.63, 3.8) is 0 Å². The summed E-state index contributed by atoms with van der Waals surface area (Å²) in [6.45, 7) is 6.88. The van der Waals surface area contributed by atoms with Gasteiger partial charge in [-0.05, 0) is 47.2 Å². The molecule has 0 fully saturated rings. The molecule has 1 aromatic rings. The summed E-state index contributed by atoms with van der Waals surface area (Å²) >= 11 is 2.27. The second-order valence-electron chi connectivity index (χ2n) is 3.20. The summed E-state index contributed by atoms with van der Waals surface area (Å²) in [6, 6.07) is 5.86. The smallest absolute Gasteiger partial charge is 0.0479 e. The zero-order valence-electron chi connectivity index (χ0n) is 8.31. The Hall–Kier alpha value is -0.710. The van der Waals surface area contributed by atoms with Crippen molar-refractivity contribution in [1.29, 1.82) is 0 Å². The van der Waals surface area contributed by atoms with Crippen molar-refractivity contribution in [2.75, 3.05) is 17.6 Å². The normalized spacial score (nSPS) is 9.86. The molecule has 0 saturated heterocycles. The summed E-state index contributed by atoms with van der Waals surface area (Å²) in [5.74, 6) is 0. The second kappa shape index (κ2) is 5.24. The van der Waals surface area contributed by atoms with Crippen LogP contribution in [0, 0.1) is 3.57 Å². The predicted octanol–water partition coefficient (Wildman–Crippen LogP) is 3.25. The number of hydrogen-bond donors (Lipinski definition) is 2. The molecule has 0 saturated carbocycles. The predicted molar refractivity (Wildman–Crippen MR) is 71.5 cm³/mol. The van der Waals surface area contributed by atoms with Crippen molar-refractivity contribution in [2.45, 2.75) is 13.3 Å². The number of anilines is 2. The lowest BCUT2D eigenvalue weighted by molar-refractivity contribution is 1.05. The number of hydrogen-bond acceptors (Lipinski definition) is 2. The molecule has 0 aromatic heterocycles. The molecule has 3 N–H and O–H groups in total.